The van der Waals surface area contributed by atoms with Crippen molar-refractivity contribution < 1.29 is 9.53 Å². The minimum Gasteiger partial charge on any atom is -0.497 e. The highest BCUT2D eigenvalue weighted by molar-refractivity contribution is 5.96. The van der Waals surface area contributed by atoms with Crippen molar-refractivity contribution in [3.05, 3.63) is 111 Å². The van der Waals surface area contributed by atoms with E-state index < -0.39 is 5.91 Å². The van der Waals surface area contributed by atoms with Gasteiger partial charge in [-0.3, -0.25) is 24.4 Å². The Hall–Kier alpha value is -4.79. The molecular formula is C27H24N6O3. The van der Waals surface area contributed by atoms with Crippen LogP contribution >= 0.6 is 0 Å². The van der Waals surface area contributed by atoms with Crippen LogP contribution in [0.4, 0.5) is 0 Å². The Kier molecular flexibility index (Phi) is 6.03. The molecule has 0 atom stereocenters. The number of hydrogen-bond donors (Lipinski definition) is 2. The van der Waals surface area contributed by atoms with Gasteiger partial charge in [0.25, 0.3) is 11.5 Å². The minimum atomic E-state index is -0.449. The van der Waals surface area contributed by atoms with Crippen LogP contribution in [-0.2, 0) is 13.1 Å². The van der Waals surface area contributed by atoms with E-state index in [2.05, 4.69) is 10.3 Å². The van der Waals surface area contributed by atoms with Crippen molar-refractivity contribution in [1.82, 2.24) is 24.3 Å². The molecule has 4 heterocycles. The van der Waals surface area contributed by atoms with E-state index in [0.717, 1.165) is 22.4 Å². The topological polar surface area (TPSA) is 114 Å². The van der Waals surface area contributed by atoms with Crippen LogP contribution in [-0.4, -0.2) is 32.0 Å². The fraction of sp³-hybridized carbons (Fsp3) is 0.148. The van der Waals surface area contributed by atoms with E-state index in [1.54, 1.807) is 36.3 Å². The van der Waals surface area contributed by atoms with Crippen LogP contribution in [0.25, 0.3) is 16.7 Å². The average Bonchev–Trinajstić information content (AvgIpc) is 2.90. The van der Waals surface area contributed by atoms with Gasteiger partial charge in [-0.1, -0.05) is 18.2 Å². The fourth-order valence-corrected chi connectivity index (χ4v) is 4.12. The molecular weight excluding hydrogens is 456 g/mol. The summed E-state index contributed by atoms with van der Waals surface area (Å²) in [6.07, 6.45) is 4.98. The Morgan fingerprint density at radius 1 is 1.06 bits per heavy atom. The Balaban J connectivity index is 1.63. The zero-order valence-electron chi connectivity index (χ0n) is 19.9. The Bertz CT molecular complexity index is 1710. The Morgan fingerprint density at radius 2 is 1.81 bits per heavy atom. The molecule has 0 aliphatic rings. The van der Waals surface area contributed by atoms with Crippen LogP contribution in [0.3, 0.4) is 0 Å². The summed E-state index contributed by atoms with van der Waals surface area (Å²) in [6, 6.07) is 16.1. The lowest BCUT2D eigenvalue weighted by molar-refractivity contribution is 0.0948. The molecule has 180 valence electrons. The molecule has 0 fully saturated rings. The van der Waals surface area contributed by atoms with E-state index in [9.17, 15) is 9.59 Å². The number of amides is 1. The highest BCUT2D eigenvalue weighted by Gasteiger charge is 2.18. The maximum atomic E-state index is 13.5. The molecule has 0 aliphatic carbocycles. The zero-order chi connectivity index (χ0) is 25.2. The van der Waals surface area contributed by atoms with Gasteiger partial charge < -0.3 is 14.6 Å². The van der Waals surface area contributed by atoms with Gasteiger partial charge in [0.05, 0.1) is 24.6 Å². The molecule has 0 aliphatic heterocycles. The van der Waals surface area contributed by atoms with E-state index in [0.29, 0.717) is 11.3 Å². The number of methoxy groups -OCH3 is 1. The highest BCUT2D eigenvalue weighted by Crippen LogP contribution is 2.15. The SMILES string of the molecule is COc1ccc(CNC(=O)c2cc3c(=O)n4cccc(C)c4nc3n(Cc3ccncc3)c2=N)cc1. The van der Waals surface area contributed by atoms with Crippen LogP contribution in [0, 0.1) is 12.3 Å². The molecule has 0 saturated carbocycles. The van der Waals surface area contributed by atoms with Gasteiger partial charge in [0.15, 0.2) is 0 Å². The number of carbonyl (C=O) groups is 1. The largest absolute Gasteiger partial charge is 0.497 e. The van der Waals surface area contributed by atoms with Crippen molar-refractivity contribution in [2.45, 2.75) is 20.0 Å². The molecule has 0 spiro atoms. The predicted octanol–water partition coefficient (Wildman–Crippen LogP) is 2.82. The molecule has 0 bridgehead atoms. The fourth-order valence-electron chi connectivity index (χ4n) is 4.12. The van der Waals surface area contributed by atoms with E-state index in [4.69, 9.17) is 15.1 Å². The highest BCUT2D eigenvalue weighted by atomic mass is 16.5. The summed E-state index contributed by atoms with van der Waals surface area (Å²) in [7, 11) is 1.59. The first kappa shape index (κ1) is 23.0. The van der Waals surface area contributed by atoms with E-state index >= 15 is 0 Å². The monoisotopic (exact) mass is 480 g/mol. The lowest BCUT2D eigenvalue weighted by Gasteiger charge is -2.15. The summed E-state index contributed by atoms with van der Waals surface area (Å²) in [6.45, 7) is 2.40. The van der Waals surface area contributed by atoms with Crippen LogP contribution in [0.2, 0.25) is 0 Å². The number of aromatic nitrogens is 4. The number of nitrogens with one attached hydrogen (secondary N) is 2. The molecule has 1 amide bonds. The summed E-state index contributed by atoms with van der Waals surface area (Å²) >= 11 is 0. The summed E-state index contributed by atoms with van der Waals surface area (Å²) < 4.78 is 8.24. The molecule has 5 aromatic rings. The summed E-state index contributed by atoms with van der Waals surface area (Å²) in [5.74, 6) is 0.274. The Labute approximate surface area is 206 Å². The van der Waals surface area contributed by atoms with Gasteiger partial charge in [-0.2, -0.15) is 0 Å². The first-order valence-electron chi connectivity index (χ1n) is 11.4. The van der Waals surface area contributed by atoms with Gasteiger partial charge in [-0.05, 0) is 60.0 Å². The van der Waals surface area contributed by atoms with Crippen molar-refractivity contribution in [2.75, 3.05) is 7.11 Å². The molecule has 0 saturated heterocycles. The molecule has 5 rings (SSSR count). The second-order valence-electron chi connectivity index (χ2n) is 8.42. The molecule has 1 aromatic carbocycles. The number of hydrogen-bond acceptors (Lipinski definition) is 6. The van der Waals surface area contributed by atoms with Crippen LogP contribution in [0.5, 0.6) is 5.75 Å². The van der Waals surface area contributed by atoms with E-state index in [-0.39, 0.29) is 35.1 Å². The van der Waals surface area contributed by atoms with Crippen molar-refractivity contribution in [2.24, 2.45) is 0 Å². The molecule has 0 radical (unpaired) electrons. The third kappa shape index (κ3) is 4.22. The molecule has 9 heteroatoms. The number of benzene rings is 1. The zero-order valence-corrected chi connectivity index (χ0v) is 19.9. The molecule has 0 unspecified atom stereocenters. The second-order valence-corrected chi connectivity index (χ2v) is 8.42. The van der Waals surface area contributed by atoms with Gasteiger partial charge >= 0.3 is 0 Å². The van der Waals surface area contributed by atoms with Crippen molar-refractivity contribution in [1.29, 1.82) is 5.41 Å². The molecule has 9 nitrogen and oxygen atoms in total. The average molecular weight is 481 g/mol. The first-order chi connectivity index (χ1) is 17.5. The quantitative estimate of drug-likeness (QED) is 0.363. The number of pyridine rings is 3. The van der Waals surface area contributed by atoms with Crippen LogP contribution in [0.15, 0.2) is 78.0 Å². The molecule has 4 aromatic heterocycles. The molecule has 36 heavy (non-hydrogen) atoms. The number of aryl methyl sites for hydroxylation is 1. The van der Waals surface area contributed by atoms with Crippen LogP contribution < -0.4 is 21.1 Å². The van der Waals surface area contributed by atoms with Gasteiger partial charge in [-0.25, -0.2) is 4.98 Å². The number of carbonyl (C=O) groups excluding carboxylic acids is 1. The normalized spacial score (nSPS) is 11.1. The van der Waals surface area contributed by atoms with Gasteiger partial charge in [0.2, 0.25) is 0 Å². The summed E-state index contributed by atoms with van der Waals surface area (Å²) in [5.41, 5.74) is 3.20. The van der Waals surface area contributed by atoms with Gasteiger partial charge in [0, 0.05) is 25.1 Å². The van der Waals surface area contributed by atoms with E-state index in [1.165, 1.54) is 10.5 Å². The number of fused-ring (bicyclic) bond motifs is 2. The maximum absolute atomic E-state index is 13.5. The smallest absolute Gasteiger partial charge is 0.267 e. The van der Waals surface area contributed by atoms with E-state index in [1.807, 2.05) is 49.4 Å². The number of rotatable bonds is 6. The number of ether oxygens (including phenoxy) is 1. The Morgan fingerprint density at radius 3 is 2.53 bits per heavy atom. The third-order valence-electron chi connectivity index (χ3n) is 6.08. The number of nitrogens with zero attached hydrogens (tertiary/aromatic N) is 4. The summed E-state index contributed by atoms with van der Waals surface area (Å²) in [5, 5.41) is 12.0. The maximum Gasteiger partial charge on any atom is 0.267 e. The molecule has 2 N–H and O–H groups in total. The minimum absolute atomic E-state index is 0.0311. The second kappa shape index (κ2) is 9.46. The predicted molar refractivity (Wildman–Crippen MR) is 135 cm³/mol. The van der Waals surface area contributed by atoms with Crippen molar-refractivity contribution in [3.8, 4) is 5.75 Å². The van der Waals surface area contributed by atoms with Crippen LogP contribution in [0.1, 0.15) is 27.0 Å². The van der Waals surface area contributed by atoms with Gasteiger partial charge in [-0.15, -0.1) is 0 Å². The lowest BCUT2D eigenvalue weighted by Crippen LogP contribution is -2.35. The van der Waals surface area contributed by atoms with Crippen molar-refractivity contribution >= 4 is 22.6 Å². The third-order valence-corrected chi connectivity index (χ3v) is 6.08. The summed E-state index contributed by atoms with van der Waals surface area (Å²) in [4.78, 5) is 35.5. The lowest BCUT2D eigenvalue weighted by atomic mass is 10.1. The van der Waals surface area contributed by atoms with Gasteiger partial charge in [0.1, 0.15) is 22.5 Å². The standard InChI is InChI=1S/C27H24N6O3/c1-17-4-3-13-32-24(17)31-25-22(27(32)35)14-21(23(28)33(25)16-19-9-11-29-12-10-19)26(34)30-15-18-5-7-20(36-2)8-6-18/h3-14,28H,15-16H2,1-2H3,(H,30,34). The van der Waals surface area contributed by atoms with Crippen molar-refractivity contribution in [3.63, 3.8) is 0 Å². The first-order valence-corrected chi connectivity index (χ1v) is 11.4.